The molecule has 0 fully saturated rings. The van der Waals surface area contributed by atoms with Gasteiger partial charge in [-0.05, 0) is 41.7 Å². The van der Waals surface area contributed by atoms with Crippen molar-refractivity contribution < 1.29 is 0 Å². The number of aryl methyl sites for hydroxylation is 1. The van der Waals surface area contributed by atoms with Gasteiger partial charge >= 0.3 is 0 Å². The molecule has 0 unspecified atom stereocenters. The highest BCUT2D eigenvalue weighted by atomic mass is 32.1. The number of aromatic nitrogens is 3. The Kier molecular flexibility index (Phi) is 3.79. The molecular formula is C15H15N5S. The highest BCUT2D eigenvalue weighted by Gasteiger charge is 2.13. The van der Waals surface area contributed by atoms with Crippen LogP contribution in [0.1, 0.15) is 11.1 Å². The van der Waals surface area contributed by atoms with Crippen molar-refractivity contribution in [2.24, 2.45) is 0 Å². The molecular weight excluding hydrogens is 282 g/mol. The predicted octanol–water partition coefficient (Wildman–Crippen LogP) is 3.10. The lowest BCUT2D eigenvalue weighted by atomic mass is 10.1. The summed E-state index contributed by atoms with van der Waals surface area (Å²) in [4.78, 5) is 8.24. The average molecular weight is 297 g/mol. The molecule has 0 aliphatic rings. The number of nitrogens with one attached hydrogen (secondary N) is 1. The molecule has 106 valence electrons. The number of anilines is 2. The third kappa shape index (κ3) is 2.85. The average Bonchev–Trinajstić information content (AvgIpc) is 2.88. The first-order valence-corrected chi connectivity index (χ1v) is 7.32. The van der Waals surface area contributed by atoms with Gasteiger partial charge in [0.25, 0.3) is 0 Å². The van der Waals surface area contributed by atoms with Crippen molar-refractivity contribution in [1.29, 1.82) is 0 Å². The van der Waals surface area contributed by atoms with Crippen molar-refractivity contribution in [3.05, 3.63) is 54.1 Å². The van der Waals surface area contributed by atoms with Crippen molar-refractivity contribution in [3.63, 3.8) is 0 Å². The Balaban J connectivity index is 1.86. The number of nitrogen functional groups attached to an aromatic ring is 1. The normalized spacial score (nSPS) is 10.5. The van der Waals surface area contributed by atoms with Gasteiger partial charge in [0.1, 0.15) is 10.8 Å². The minimum atomic E-state index is 0.530. The third-order valence-electron chi connectivity index (χ3n) is 3.24. The summed E-state index contributed by atoms with van der Waals surface area (Å²) in [5.74, 6) is 0.530. The maximum Gasteiger partial charge on any atom is 0.147 e. The molecule has 0 aromatic carbocycles. The van der Waals surface area contributed by atoms with Crippen LogP contribution in [0.5, 0.6) is 0 Å². The van der Waals surface area contributed by atoms with Gasteiger partial charge in [-0.3, -0.25) is 9.97 Å². The molecule has 21 heavy (non-hydrogen) atoms. The van der Waals surface area contributed by atoms with Gasteiger partial charge in [-0.25, -0.2) is 0 Å². The number of hydrogen-bond acceptors (Lipinski definition) is 6. The van der Waals surface area contributed by atoms with Crippen molar-refractivity contribution >= 4 is 22.4 Å². The van der Waals surface area contributed by atoms with Crippen LogP contribution in [0.4, 0.5) is 10.8 Å². The lowest BCUT2D eigenvalue weighted by Gasteiger charge is -2.09. The molecule has 0 atom stereocenters. The molecule has 0 saturated carbocycles. The van der Waals surface area contributed by atoms with Crippen molar-refractivity contribution in [2.45, 2.75) is 13.5 Å². The second-order valence-electron chi connectivity index (χ2n) is 4.67. The van der Waals surface area contributed by atoms with E-state index in [1.54, 1.807) is 18.6 Å². The molecule has 0 radical (unpaired) electrons. The molecule has 0 aliphatic heterocycles. The Bertz CT molecular complexity index is 739. The van der Waals surface area contributed by atoms with Crippen molar-refractivity contribution in [1.82, 2.24) is 14.3 Å². The van der Waals surface area contributed by atoms with E-state index in [2.05, 4.69) is 19.7 Å². The molecule has 3 heterocycles. The van der Waals surface area contributed by atoms with Crippen LogP contribution < -0.4 is 11.1 Å². The molecule has 3 rings (SSSR count). The fraction of sp³-hybridized carbons (Fsp3) is 0.133. The summed E-state index contributed by atoms with van der Waals surface area (Å²) >= 11 is 1.37. The van der Waals surface area contributed by atoms with E-state index >= 15 is 0 Å². The lowest BCUT2D eigenvalue weighted by Crippen LogP contribution is -2.01. The maximum atomic E-state index is 5.99. The molecule has 0 spiro atoms. The summed E-state index contributed by atoms with van der Waals surface area (Å²) in [7, 11) is 0. The van der Waals surface area contributed by atoms with Crippen LogP contribution in [-0.4, -0.2) is 14.3 Å². The fourth-order valence-electron chi connectivity index (χ4n) is 2.09. The Labute approximate surface area is 127 Å². The maximum absolute atomic E-state index is 5.99. The first kappa shape index (κ1) is 13.5. The lowest BCUT2D eigenvalue weighted by molar-refractivity contribution is 1.10. The van der Waals surface area contributed by atoms with E-state index in [4.69, 9.17) is 5.73 Å². The second-order valence-corrected chi connectivity index (χ2v) is 5.44. The molecule has 3 aromatic heterocycles. The number of rotatable bonds is 4. The summed E-state index contributed by atoms with van der Waals surface area (Å²) in [5, 5.41) is 4.37. The molecule has 0 saturated heterocycles. The monoisotopic (exact) mass is 297 g/mol. The quantitative estimate of drug-likeness (QED) is 0.774. The van der Waals surface area contributed by atoms with E-state index in [-0.39, 0.29) is 0 Å². The second kappa shape index (κ2) is 5.88. The summed E-state index contributed by atoms with van der Waals surface area (Å²) in [5.41, 5.74) is 10.2. The standard InChI is InChI=1S/C15H15N5S/c1-10-7-18-6-4-11(10)9-19-15-13(14(16)20-21-15)12-3-2-5-17-8-12/h2-8,19H,9H2,1H3,(H2,16,20). The van der Waals surface area contributed by atoms with Gasteiger partial charge < -0.3 is 11.1 Å². The Morgan fingerprint density at radius 1 is 1.19 bits per heavy atom. The number of nitrogens with two attached hydrogens (primary N) is 1. The van der Waals surface area contributed by atoms with E-state index in [0.717, 1.165) is 21.7 Å². The summed E-state index contributed by atoms with van der Waals surface area (Å²) in [6.07, 6.45) is 7.20. The van der Waals surface area contributed by atoms with E-state index in [0.29, 0.717) is 12.4 Å². The molecule has 3 N–H and O–H groups in total. The molecule has 6 heteroatoms. The number of hydrogen-bond donors (Lipinski definition) is 2. The largest absolute Gasteiger partial charge is 0.382 e. The first-order chi connectivity index (χ1) is 10.3. The molecule has 5 nitrogen and oxygen atoms in total. The van der Waals surface area contributed by atoms with Crippen LogP contribution in [0.3, 0.4) is 0 Å². The van der Waals surface area contributed by atoms with Gasteiger partial charge in [0.05, 0.1) is 5.56 Å². The van der Waals surface area contributed by atoms with Gasteiger partial charge in [-0.2, -0.15) is 4.37 Å². The van der Waals surface area contributed by atoms with Gasteiger partial charge in [0.2, 0.25) is 0 Å². The van der Waals surface area contributed by atoms with Crippen molar-refractivity contribution in [2.75, 3.05) is 11.1 Å². The Morgan fingerprint density at radius 3 is 2.81 bits per heavy atom. The van der Waals surface area contributed by atoms with Crippen LogP contribution in [-0.2, 0) is 6.54 Å². The molecule has 0 bridgehead atoms. The number of pyridine rings is 2. The molecule has 0 aliphatic carbocycles. The van der Waals surface area contributed by atoms with Gasteiger partial charge in [0.15, 0.2) is 0 Å². The van der Waals surface area contributed by atoms with Gasteiger partial charge in [-0.1, -0.05) is 6.07 Å². The zero-order valence-corrected chi connectivity index (χ0v) is 12.4. The van der Waals surface area contributed by atoms with E-state index in [9.17, 15) is 0 Å². The predicted molar refractivity (Wildman–Crippen MR) is 86.1 cm³/mol. The highest BCUT2D eigenvalue weighted by Crippen LogP contribution is 2.36. The van der Waals surface area contributed by atoms with Crippen LogP contribution in [0.2, 0.25) is 0 Å². The Hall–Kier alpha value is -2.47. The van der Waals surface area contributed by atoms with E-state index < -0.39 is 0 Å². The van der Waals surface area contributed by atoms with Crippen LogP contribution in [0.25, 0.3) is 11.1 Å². The van der Waals surface area contributed by atoms with Crippen molar-refractivity contribution in [3.8, 4) is 11.1 Å². The smallest absolute Gasteiger partial charge is 0.147 e. The van der Waals surface area contributed by atoms with Crippen LogP contribution in [0, 0.1) is 6.92 Å². The Morgan fingerprint density at radius 2 is 2.05 bits per heavy atom. The summed E-state index contributed by atoms with van der Waals surface area (Å²) in [6, 6.07) is 5.88. The van der Waals surface area contributed by atoms with E-state index in [1.165, 1.54) is 17.1 Å². The third-order valence-corrected chi connectivity index (χ3v) is 4.06. The van der Waals surface area contributed by atoms with Gasteiger partial charge in [0, 0.05) is 36.9 Å². The first-order valence-electron chi connectivity index (χ1n) is 6.54. The van der Waals surface area contributed by atoms with Gasteiger partial charge in [-0.15, -0.1) is 0 Å². The molecule has 3 aromatic rings. The summed E-state index contributed by atoms with van der Waals surface area (Å²) < 4.78 is 4.24. The van der Waals surface area contributed by atoms with E-state index in [1.807, 2.05) is 31.3 Å². The fourth-order valence-corrected chi connectivity index (χ4v) is 2.82. The minimum Gasteiger partial charge on any atom is -0.382 e. The molecule has 0 amide bonds. The van der Waals surface area contributed by atoms with Crippen LogP contribution in [0.15, 0.2) is 43.0 Å². The zero-order chi connectivity index (χ0) is 14.7. The SMILES string of the molecule is Cc1cnccc1CNc1snc(N)c1-c1cccnc1. The topological polar surface area (TPSA) is 76.7 Å². The number of nitrogens with zero attached hydrogens (tertiary/aromatic N) is 3. The highest BCUT2D eigenvalue weighted by molar-refractivity contribution is 7.11. The minimum absolute atomic E-state index is 0.530. The summed E-state index contributed by atoms with van der Waals surface area (Å²) in [6.45, 7) is 2.76. The van der Waals surface area contributed by atoms with Crippen LogP contribution >= 0.6 is 11.5 Å². The zero-order valence-electron chi connectivity index (χ0n) is 11.6.